The van der Waals surface area contributed by atoms with Crippen LogP contribution in [0.1, 0.15) is 43.7 Å². The van der Waals surface area contributed by atoms with Crippen LogP contribution in [0, 0.1) is 5.92 Å². The van der Waals surface area contributed by atoms with E-state index >= 15 is 0 Å². The van der Waals surface area contributed by atoms with Crippen LogP contribution in [-0.2, 0) is 4.79 Å². The van der Waals surface area contributed by atoms with E-state index in [1.54, 1.807) is 0 Å². The minimum absolute atomic E-state index is 0. The Morgan fingerprint density at radius 1 is 1.20 bits per heavy atom. The number of benzene rings is 1. The molecule has 0 radical (unpaired) electrons. The van der Waals surface area contributed by atoms with Crippen LogP contribution in [-0.4, -0.2) is 43.7 Å². The minimum atomic E-state index is 0. The number of nitrogens with zero attached hydrogens (tertiary/aromatic N) is 1. The first-order valence-corrected chi connectivity index (χ1v) is 9.21. The maximum absolute atomic E-state index is 12.7. The molecule has 2 unspecified atom stereocenters. The Balaban J connectivity index is 0.00000182. The second-order valence-electron chi connectivity index (χ2n) is 7.05. The standard InChI is InChI=1S/C19H26N2O3.ClH/c22-19(6-3-14-7-8-20-13-14)21-9-1-2-16(21)15-4-5-17-18(12-15)24-11-10-23-17;/h4-5,12,14,16,20H,1-3,6-11,13H2;1H. The molecule has 2 saturated heterocycles. The van der Waals surface area contributed by atoms with Crippen LogP contribution in [0.5, 0.6) is 11.5 Å². The summed E-state index contributed by atoms with van der Waals surface area (Å²) in [6.07, 6.45) is 5.01. The molecular formula is C19H27ClN2O3. The van der Waals surface area contributed by atoms with E-state index in [-0.39, 0.29) is 18.4 Å². The van der Waals surface area contributed by atoms with Crippen molar-refractivity contribution >= 4 is 18.3 Å². The van der Waals surface area contributed by atoms with E-state index in [2.05, 4.69) is 22.3 Å². The maximum Gasteiger partial charge on any atom is 0.223 e. The number of rotatable bonds is 4. The summed E-state index contributed by atoms with van der Waals surface area (Å²) >= 11 is 0. The van der Waals surface area contributed by atoms with Crippen molar-refractivity contribution in [2.24, 2.45) is 5.92 Å². The van der Waals surface area contributed by atoms with Gasteiger partial charge in [0.15, 0.2) is 11.5 Å². The first kappa shape index (κ1) is 18.3. The van der Waals surface area contributed by atoms with Crippen molar-refractivity contribution in [3.63, 3.8) is 0 Å². The van der Waals surface area contributed by atoms with Gasteiger partial charge < -0.3 is 19.7 Å². The van der Waals surface area contributed by atoms with Gasteiger partial charge >= 0.3 is 0 Å². The molecule has 0 spiro atoms. The lowest BCUT2D eigenvalue weighted by molar-refractivity contribution is -0.132. The Morgan fingerprint density at radius 3 is 2.84 bits per heavy atom. The normalized spacial score (nSPS) is 24.9. The SMILES string of the molecule is Cl.O=C(CCC1CCNC1)N1CCCC1c1ccc2c(c1)OCCO2. The van der Waals surface area contributed by atoms with Crippen molar-refractivity contribution in [3.8, 4) is 11.5 Å². The van der Waals surface area contributed by atoms with Crippen molar-refractivity contribution in [1.82, 2.24) is 10.2 Å². The van der Waals surface area contributed by atoms with Gasteiger partial charge in [-0.2, -0.15) is 0 Å². The lowest BCUT2D eigenvalue weighted by atomic mass is 10.0. The summed E-state index contributed by atoms with van der Waals surface area (Å²) in [6.45, 7) is 4.25. The molecule has 25 heavy (non-hydrogen) atoms. The van der Waals surface area contributed by atoms with Crippen LogP contribution in [0.2, 0.25) is 0 Å². The number of nitrogens with one attached hydrogen (secondary N) is 1. The average molecular weight is 367 g/mol. The van der Waals surface area contributed by atoms with Crippen molar-refractivity contribution < 1.29 is 14.3 Å². The molecule has 2 fully saturated rings. The van der Waals surface area contributed by atoms with Gasteiger partial charge in [-0.15, -0.1) is 12.4 Å². The minimum Gasteiger partial charge on any atom is -0.486 e. The summed E-state index contributed by atoms with van der Waals surface area (Å²) in [6, 6.07) is 6.32. The maximum atomic E-state index is 12.7. The number of carbonyl (C=O) groups excluding carboxylic acids is 1. The second kappa shape index (κ2) is 8.28. The molecule has 138 valence electrons. The molecule has 6 heteroatoms. The summed E-state index contributed by atoms with van der Waals surface area (Å²) in [5.41, 5.74) is 1.17. The molecule has 3 aliphatic rings. The van der Waals surface area contributed by atoms with Crippen LogP contribution >= 0.6 is 12.4 Å². The van der Waals surface area contributed by atoms with E-state index in [0.29, 0.717) is 31.5 Å². The van der Waals surface area contributed by atoms with E-state index < -0.39 is 0 Å². The third kappa shape index (κ3) is 4.04. The highest BCUT2D eigenvalue weighted by Gasteiger charge is 2.31. The Bertz CT molecular complexity index is 604. The van der Waals surface area contributed by atoms with E-state index in [1.165, 1.54) is 12.0 Å². The monoisotopic (exact) mass is 366 g/mol. The van der Waals surface area contributed by atoms with Crippen LogP contribution in [0.15, 0.2) is 18.2 Å². The van der Waals surface area contributed by atoms with Gasteiger partial charge in [0.2, 0.25) is 5.91 Å². The van der Waals surface area contributed by atoms with Crippen LogP contribution in [0.3, 0.4) is 0 Å². The molecule has 1 amide bonds. The van der Waals surface area contributed by atoms with Crippen LogP contribution < -0.4 is 14.8 Å². The van der Waals surface area contributed by atoms with Gasteiger partial charge in [0.25, 0.3) is 0 Å². The first-order valence-electron chi connectivity index (χ1n) is 9.21. The number of hydrogen-bond acceptors (Lipinski definition) is 4. The Morgan fingerprint density at radius 2 is 2.04 bits per heavy atom. The quantitative estimate of drug-likeness (QED) is 0.890. The number of ether oxygens (including phenoxy) is 2. The van der Waals surface area contributed by atoms with Gasteiger partial charge in [-0.1, -0.05) is 6.07 Å². The molecule has 0 saturated carbocycles. The van der Waals surface area contributed by atoms with Crippen LogP contribution in [0.4, 0.5) is 0 Å². The number of amides is 1. The molecule has 2 atom stereocenters. The summed E-state index contributed by atoms with van der Waals surface area (Å²) in [5.74, 6) is 2.60. The average Bonchev–Trinajstić information content (AvgIpc) is 3.31. The van der Waals surface area contributed by atoms with Crippen molar-refractivity contribution in [3.05, 3.63) is 23.8 Å². The number of hydrogen-bond donors (Lipinski definition) is 1. The Hall–Kier alpha value is -1.46. The van der Waals surface area contributed by atoms with Crippen LogP contribution in [0.25, 0.3) is 0 Å². The zero-order chi connectivity index (χ0) is 16.4. The lowest BCUT2D eigenvalue weighted by Gasteiger charge is -2.27. The molecule has 0 aliphatic carbocycles. The second-order valence-corrected chi connectivity index (χ2v) is 7.05. The highest BCUT2D eigenvalue weighted by atomic mass is 35.5. The molecule has 5 nitrogen and oxygen atoms in total. The smallest absolute Gasteiger partial charge is 0.223 e. The zero-order valence-electron chi connectivity index (χ0n) is 14.5. The third-order valence-corrected chi connectivity index (χ3v) is 5.45. The molecule has 1 N–H and O–H groups in total. The fourth-order valence-electron chi connectivity index (χ4n) is 4.11. The van der Waals surface area contributed by atoms with E-state index in [0.717, 1.165) is 50.4 Å². The molecular weight excluding hydrogens is 340 g/mol. The van der Waals surface area contributed by atoms with Gasteiger partial charge in [0, 0.05) is 13.0 Å². The number of likely N-dealkylation sites (tertiary alicyclic amines) is 1. The topological polar surface area (TPSA) is 50.8 Å². The number of carbonyl (C=O) groups is 1. The fourth-order valence-corrected chi connectivity index (χ4v) is 4.11. The first-order chi connectivity index (χ1) is 11.8. The Kier molecular flexibility index (Phi) is 6.07. The molecule has 1 aromatic rings. The molecule has 0 aromatic heterocycles. The van der Waals surface area contributed by atoms with E-state index in [1.807, 2.05) is 6.07 Å². The van der Waals surface area contributed by atoms with Gasteiger partial charge in [-0.3, -0.25) is 4.79 Å². The molecule has 0 bridgehead atoms. The highest BCUT2D eigenvalue weighted by Crippen LogP contribution is 2.38. The summed E-state index contributed by atoms with van der Waals surface area (Å²) in [5, 5.41) is 3.38. The zero-order valence-corrected chi connectivity index (χ0v) is 15.4. The summed E-state index contributed by atoms with van der Waals surface area (Å²) in [4.78, 5) is 14.8. The highest BCUT2D eigenvalue weighted by molar-refractivity contribution is 5.85. The molecule has 4 rings (SSSR count). The van der Waals surface area contributed by atoms with E-state index in [4.69, 9.17) is 9.47 Å². The van der Waals surface area contributed by atoms with Crippen molar-refractivity contribution in [2.75, 3.05) is 32.8 Å². The predicted molar refractivity (Wildman–Crippen MR) is 98.6 cm³/mol. The molecule has 3 heterocycles. The Labute approximate surface area is 155 Å². The van der Waals surface area contributed by atoms with Crippen molar-refractivity contribution in [2.45, 2.75) is 38.1 Å². The van der Waals surface area contributed by atoms with Crippen molar-refractivity contribution in [1.29, 1.82) is 0 Å². The number of fused-ring (bicyclic) bond motifs is 1. The van der Waals surface area contributed by atoms with Gasteiger partial charge in [-0.05, 0) is 62.4 Å². The predicted octanol–water partition coefficient (Wildman–Crippen LogP) is 2.93. The molecule has 1 aromatic carbocycles. The number of halogens is 1. The van der Waals surface area contributed by atoms with E-state index in [9.17, 15) is 4.79 Å². The summed E-state index contributed by atoms with van der Waals surface area (Å²) in [7, 11) is 0. The largest absolute Gasteiger partial charge is 0.486 e. The summed E-state index contributed by atoms with van der Waals surface area (Å²) < 4.78 is 11.3. The van der Waals surface area contributed by atoms with Gasteiger partial charge in [0.05, 0.1) is 6.04 Å². The van der Waals surface area contributed by atoms with Gasteiger partial charge in [-0.25, -0.2) is 0 Å². The molecule has 3 aliphatic heterocycles. The third-order valence-electron chi connectivity index (χ3n) is 5.45. The van der Waals surface area contributed by atoms with Gasteiger partial charge in [0.1, 0.15) is 13.2 Å². The lowest BCUT2D eigenvalue weighted by Crippen LogP contribution is -2.31. The fraction of sp³-hybridized carbons (Fsp3) is 0.632.